The quantitative estimate of drug-likeness (QED) is 0.506. The van der Waals surface area contributed by atoms with E-state index in [9.17, 15) is 4.79 Å². The molecule has 4 rings (SSSR count). The number of hydrogen-bond donors (Lipinski definition) is 1. The van der Waals surface area contributed by atoms with E-state index in [-0.39, 0.29) is 18.1 Å². The number of hydrogen-bond acceptors (Lipinski definition) is 5. The fourth-order valence-electron chi connectivity index (χ4n) is 4.26. The first-order chi connectivity index (χ1) is 15.6. The number of aromatic nitrogens is 1. The van der Waals surface area contributed by atoms with Gasteiger partial charge in [0.1, 0.15) is 5.75 Å². The molecule has 32 heavy (non-hydrogen) atoms. The van der Waals surface area contributed by atoms with E-state index < -0.39 is 0 Å². The minimum absolute atomic E-state index is 0.0122. The summed E-state index contributed by atoms with van der Waals surface area (Å²) >= 11 is 1.47. The number of thiophene rings is 1. The van der Waals surface area contributed by atoms with Gasteiger partial charge in [-0.15, -0.1) is 11.3 Å². The molecule has 1 saturated heterocycles. The Labute approximate surface area is 194 Å². The zero-order valence-corrected chi connectivity index (χ0v) is 19.6. The molecule has 3 heterocycles. The molecular formula is C26H31N3O2S. The molecule has 1 aliphatic rings. The van der Waals surface area contributed by atoms with Crippen molar-refractivity contribution in [2.24, 2.45) is 5.92 Å². The van der Waals surface area contributed by atoms with Crippen LogP contribution in [0.15, 0.2) is 66.2 Å². The summed E-state index contributed by atoms with van der Waals surface area (Å²) in [6.07, 6.45) is 4.05. The number of carbonyl (C=O) groups is 1. The highest BCUT2D eigenvalue weighted by Crippen LogP contribution is 2.31. The van der Waals surface area contributed by atoms with Gasteiger partial charge < -0.3 is 10.1 Å². The van der Waals surface area contributed by atoms with Gasteiger partial charge in [-0.05, 0) is 87.0 Å². The zero-order valence-electron chi connectivity index (χ0n) is 18.7. The highest BCUT2D eigenvalue weighted by Gasteiger charge is 2.30. The molecule has 0 saturated carbocycles. The zero-order chi connectivity index (χ0) is 22.3. The van der Waals surface area contributed by atoms with E-state index in [2.05, 4.69) is 39.5 Å². The summed E-state index contributed by atoms with van der Waals surface area (Å²) in [5.74, 6) is 1.27. The average Bonchev–Trinajstić information content (AvgIpc) is 3.35. The van der Waals surface area contributed by atoms with Gasteiger partial charge >= 0.3 is 0 Å². The van der Waals surface area contributed by atoms with Crippen molar-refractivity contribution in [3.8, 4) is 5.75 Å². The van der Waals surface area contributed by atoms with Crippen molar-refractivity contribution in [2.75, 3.05) is 13.1 Å². The van der Waals surface area contributed by atoms with Gasteiger partial charge in [-0.2, -0.15) is 0 Å². The number of pyridine rings is 1. The second-order valence-electron chi connectivity index (χ2n) is 8.61. The second-order valence-corrected chi connectivity index (χ2v) is 9.55. The molecule has 1 N–H and O–H groups in total. The van der Waals surface area contributed by atoms with E-state index in [1.165, 1.54) is 16.9 Å². The van der Waals surface area contributed by atoms with Crippen LogP contribution in [0.5, 0.6) is 5.75 Å². The van der Waals surface area contributed by atoms with Gasteiger partial charge in [-0.1, -0.05) is 24.3 Å². The Hall–Kier alpha value is -2.70. The number of benzene rings is 1. The summed E-state index contributed by atoms with van der Waals surface area (Å²) < 4.78 is 5.75. The van der Waals surface area contributed by atoms with Crippen LogP contribution in [-0.4, -0.2) is 35.0 Å². The topological polar surface area (TPSA) is 54.5 Å². The van der Waals surface area contributed by atoms with Crippen LogP contribution in [0.1, 0.15) is 53.7 Å². The van der Waals surface area contributed by atoms with Crippen molar-refractivity contribution in [1.29, 1.82) is 0 Å². The van der Waals surface area contributed by atoms with Crippen LogP contribution in [0.2, 0.25) is 0 Å². The minimum atomic E-state index is -0.0691. The van der Waals surface area contributed by atoms with Crippen LogP contribution in [0.3, 0.4) is 0 Å². The number of carbonyl (C=O) groups excluding carboxylic acids is 1. The van der Waals surface area contributed by atoms with Crippen molar-refractivity contribution in [1.82, 2.24) is 15.2 Å². The first-order valence-electron chi connectivity index (χ1n) is 11.3. The summed E-state index contributed by atoms with van der Waals surface area (Å²) in [5.41, 5.74) is 2.24. The molecule has 1 aliphatic heterocycles. The Morgan fingerprint density at radius 1 is 1.12 bits per heavy atom. The van der Waals surface area contributed by atoms with Crippen molar-refractivity contribution < 1.29 is 9.53 Å². The molecule has 3 aromatic rings. The Balaban J connectivity index is 1.37. The number of amides is 1. The van der Waals surface area contributed by atoms with Crippen LogP contribution in [0.25, 0.3) is 0 Å². The van der Waals surface area contributed by atoms with Gasteiger partial charge in [0.25, 0.3) is 5.91 Å². The Kier molecular flexibility index (Phi) is 7.55. The molecule has 2 aromatic heterocycles. The van der Waals surface area contributed by atoms with Crippen LogP contribution in [0, 0.1) is 5.92 Å². The predicted molar refractivity (Wildman–Crippen MR) is 129 cm³/mol. The molecule has 0 unspecified atom stereocenters. The summed E-state index contributed by atoms with van der Waals surface area (Å²) in [6.45, 7) is 7.03. The number of piperidine rings is 1. The third-order valence-electron chi connectivity index (χ3n) is 5.84. The molecule has 1 atom stereocenters. The van der Waals surface area contributed by atoms with Gasteiger partial charge in [0.15, 0.2) is 0 Å². The summed E-state index contributed by atoms with van der Waals surface area (Å²) in [4.78, 5) is 20.6. The molecule has 1 fully saturated rings. The highest BCUT2D eigenvalue weighted by atomic mass is 32.1. The highest BCUT2D eigenvalue weighted by molar-refractivity contribution is 7.12. The van der Waals surface area contributed by atoms with Crippen molar-refractivity contribution in [3.05, 3.63) is 82.3 Å². The maximum atomic E-state index is 12.8. The number of nitrogens with one attached hydrogen (secondary N) is 1. The van der Waals surface area contributed by atoms with Gasteiger partial charge in [0.05, 0.1) is 22.7 Å². The largest absolute Gasteiger partial charge is 0.491 e. The minimum Gasteiger partial charge on any atom is -0.491 e. The number of rotatable bonds is 8. The lowest BCUT2D eigenvalue weighted by Gasteiger charge is -2.36. The third-order valence-corrected chi connectivity index (χ3v) is 6.71. The fraction of sp³-hybridized carbons (Fsp3) is 0.385. The average molecular weight is 450 g/mol. The van der Waals surface area contributed by atoms with Crippen molar-refractivity contribution in [3.63, 3.8) is 0 Å². The fourth-order valence-corrected chi connectivity index (χ4v) is 4.89. The first-order valence-corrected chi connectivity index (χ1v) is 12.2. The van der Waals surface area contributed by atoms with Gasteiger partial charge in [0.2, 0.25) is 0 Å². The molecule has 0 spiro atoms. The molecular weight excluding hydrogens is 418 g/mol. The van der Waals surface area contributed by atoms with E-state index in [0.29, 0.717) is 5.92 Å². The van der Waals surface area contributed by atoms with Gasteiger partial charge in [-0.3, -0.25) is 14.7 Å². The summed E-state index contributed by atoms with van der Waals surface area (Å²) in [6, 6.07) is 18.1. The molecule has 0 bridgehead atoms. The van der Waals surface area contributed by atoms with E-state index in [1.807, 2.05) is 49.6 Å². The van der Waals surface area contributed by atoms with E-state index >= 15 is 0 Å². The van der Waals surface area contributed by atoms with Crippen LogP contribution >= 0.6 is 11.3 Å². The maximum absolute atomic E-state index is 12.8. The van der Waals surface area contributed by atoms with Crippen LogP contribution in [-0.2, 0) is 6.54 Å². The third kappa shape index (κ3) is 5.96. The standard InChI is InChI=1S/C26H31N3O2S/c1-19(2)31-22-10-8-20(9-11-22)18-29-15-12-21(13-16-29)25(23-6-3-4-14-27-23)28-26(30)24-7-5-17-32-24/h3-11,14,17,19,21,25H,12-13,15-16,18H2,1-2H3,(H,28,30)/t25-/m1/s1. The van der Waals surface area contributed by atoms with Gasteiger partial charge in [-0.25, -0.2) is 0 Å². The first kappa shape index (κ1) is 22.5. The summed E-state index contributed by atoms with van der Waals surface area (Å²) in [5, 5.41) is 5.20. The lowest BCUT2D eigenvalue weighted by atomic mass is 9.87. The Morgan fingerprint density at radius 3 is 2.53 bits per heavy atom. The molecule has 5 nitrogen and oxygen atoms in total. The second kappa shape index (κ2) is 10.7. The van der Waals surface area contributed by atoms with E-state index in [0.717, 1.165) is 48.8 Å². The van der Waals surface area contributed by atoms with Crippen LogP contribution < -0.4 is 10.1 Å². The SMILES string of the molecule is CC(C)Oc1ccc(CN2CCC([C@@H](NC(=O)c3cccs3)c3ccccn3)CC2)cc1. The Bertz CT molecular complexity index is 966. The molecule has 1 aromatic carbocycles. The number of ether oxygens (including phenoxy) is 1. The maximum Gasteiger partial charge on any atom is 0.261 e. The molecule has 1 amide bonds. The molecule has 0 aliphatic carbocycles. The summed E-state index contributed by atoms with van der Waals surface area (Å²) in [7, 11) is 0. The van der Waals surface area contributed by atoms with E-state index in [4.69, 9.17) is 4.74 Å². The smallest absolute Gasteiger partial charge is 0.261 e. The molecule has 168 valence electrons. The molecule has 6 heteroatoms. The predicted octanol–water partition coefficient (Wildman–Crippen LogP) is 5.31. The monoisotopic (exact) mass is 449 g/mol. The Morgan fingerprint density at radius 2 is 1.91 bits per heavy atom. The van der Waals surface area contributed by atoms with Crippen molar-refractivity contribution >= 4 is 17.2 Å². The number of nitrogens with zero attached hydrogens (tertiary/aromatic N) is 2. The van der Waals surface area contributed by atoms with E-state index in [1.54, 1.807) is 6.20 Å². The van der Waals surface area contributed by atoms with Crippen molar-refractivity contribution in [2.45, 2.75) is 45.4 Å². The lowest BCUT2D eigenvalue weighted by Crippen LogP contribution is -2.40. The number of likely N-dealkylation sites (tertiary alicyclic amines) is 1. The van der Waals surface area contributed by atoms with Crippen LogP contribution in [0.4, 0.5) is 0 Å². The normalized spacial score (nSPS) is 16.1. The van der Waals surface area contributed by atoms with Gasteiger partial charge in [0, 0.05) is 12.7 Å². The lowest BCUT2D eigenvalue weighted by molar-refractivity contribution is 0.0892. The molecule has 0 radical (unpaired) electrons.